The third-order valence-corrected chi connectivity index (χ3v) is 8.20. The van der Waals surface area contributed by atoms with Gasteiger partial charge in [-0.2, -0.15) is 5.10 Å². The summed E-state index contributed by atoms with van der Waals surface area (Å²) in [5.41, 5.74) is 6.20. The number of carbonyl (C=O) groups excluding carboxylic acids is 1. The number of nitrogens with one attached hydrogen (secondary N) is 2. The monoisotopic (exact) mass is 574 g/mol. The number of carbonyl (C=O) groups is 1. The average Bonchev–Trinajstić information content (AvgIpc) is 3.62. The Bertz CT molecular complexity index is 1730. The molecular weight excluding hydrogens is 536 g/mol. The van der Waals surface area contributed by atoms with E-state index in [9.17, 15) is 9.90 Å². The van der Waals surface area contributed by atoms with Crippen LogP contribution < -0.4 is 5.32 Å². The van der Waals surface area contributed by atoms with Crippen LogP contribution >= 0.6 is 0 Å². The number of hydrogen-bond acceptors (Lipinski definition) is 5. The molecule has 0 unspecified atom stereocenters. The first-order chi connectivity index (χ1) is 21.0. The van der Waals surface area contributed by atoms with Gasteiger partial charge in [0, 0.05) is 41.8 Å². The summed E-state index contributed by atoms with van der Waals surface area (Å²) in [4.78, 5) is 24.0. The second-order valence-electron chi connectivity index (χ2n) is 11.3. The van der Waals surface area contributed by atoms with Crippen LogP contribution in [0.1, 0.15) is 71.3 Å². The molecule has 5 aromatic rings. The minimum Gasteiger partial charge on any atom is -0.494 e. The number of nitrogens with zero attached hydrogens (tertiary/aromatic N) is 4. The molecule has 3 heterocycles. The lowest BCUT2D eigenvalue weighted by Gasteiger charge is -2.26. The Morgan fingerprint density at radius 2 is 1.79 bits per heavy atom. The maximum absolute atomic E-state index is 13.4. The van der Waals surface area contributed by atoms with Crippen LogP contribution in [0.4, 0.5) is 5.69 Å². The van der Waals surface area contributed by atoms with Crippen LogP contribution in [0.3, 0.4) is 0 Å². The quantitative estimate of drug-likeness (QED) is 0.172. The van der Waals surface area contributed by atoms with Gasteiger partial charge in [0.15, 0.2) is 5.88 Å². The first-order valence-corrected chi connectivity index (χ1v) is 15.1. The van der Waals surface area contributed by atoms with E-state index < -0.39 is 0 Å². The molecule has 1 amide bonds. The van der Waals surface area contributed by atoms with E-state index in [4.69, 9.17) is 4.99 Å². The molecular formula is C35H38N6O2. The molecule has 0 spiro atoms. The van der Waals surface area contributed by atoms with E-state index in [0.717, 1.165) is 42.9 Å². The predicted octanol–water partition coefficient (Wildman–Crippen LogP) is 6.64. The zero-order valence-electron chi connectivity index (χ0n) is 24.8. The van der Waals surface area contributed by atoms with Crippen molar-refractivity contribution in [2.24, 2.45) is 12.0 Å². The largest absolute Gasteiger partial charge is 0.494 e. The lowest BCUT2D eigenvalue weighted by molar-refractivity contribution is 0.0935. The van der Waals surface area contributed by atoms with Gasteiger partial charge < -0.3 is 15.4 Å². The molecule has 1 aliphatic heterocycles. The number of benzene rings is 3. The third-order valence-electron chi connectivity index (χ3n) is 8.20. The number of aromatic hydroxyl groups is 1. The molecule has 3 aromatic carbocycles. The van der Waals surface area contributed by atoms with E-state index in [2.05, 4.69) is 39.4 Å². The van der Waals surface area contributed by atoms with E-state index in [1.54, 1.807) is 16.9 Å². The fourth-order valence-corrected chi connectivity index (χ4v) is 5.90. The number of likely N-dealkylation sites (tertiary alicyclic amines) is 1. The highest BCUT2D eigenvalue weighted by Crippen LogP contribution is 2.32. The number of rotatable bonds is 9. The maximum atomic E-state index is 13.4. The summed E-state index contributed by atoms with van der Waals surface area (Å²) in [6.07, 6.45) is 8.24. The number of hydrogen-bond donors (Lipinski definition) is 3. The van der Waals surface area contributed by atoms with Gasteiger partial charge in [0.1, 0.15) is 0 Å². The van der Waals surface area contributed by atoms with Gasteiger partial charge in [0.25, 0.3) is 5.91 Å². The highest BCUT2D eigenvalue weighted by molar-refractivity contribution is 6.22. The number of amides is 1. The van der Waals surface area contributed by atoms with E-state index in [-0.39, 0.29) is 17.8 Å². The van der Waals surface area contributed by atoms with Crippen LogP contribution in [-0.4, -0.2) is 49.5 Å². The number of aryl methyl sites for hydroxylation is 1. The van der Waals surface area contributed by atoms with Crippen LogP contribution in [0.2, 0.25) is 0 Å². The lowest BCUT2D eigenvalue weighted by atomic mass is 10.0. The van der Waals surface area contributed by atoms with Crippen molar-refractivity contribution in [3.63, 3.8) is 0 Å². The normalized spacial score (nSPS) is 15.1. The van der Waals surface area contributed by atoms with Crippen molar-refractivity contribution in [3.05, 3.63) is 113 Å². The number of aliphatic imine (C=N–C) groups is 1. The maximum Gasteiger partial charge on any atom is 0.251 e. The smallest absolute Gasteiger partial charge is 0.251 e. The van der Waals surface area contributed by atoms with E-state index >= 15 is 0 Å². The highest BCUT2D eigenvalue weighted by Gasteiger charge is 2.22. The van der Waals surface area contributed by atoms with Crippen molar-refractivity contribution in [1.82, 2.24) is 25.0 Å². The molecule has 6 rings (SSSR count). The Balaban J connectivity index is 1.34. The molecule has 1 fully saturated rings. The Hall–Kier alpha value is -4.69. The summed E-state index contributed by atoms with van der Waals surface area (Å²) in [5.74, 6) is -0.180. The molecule has 3 N–H and O–H groups in total. The summed E-state index contributed by atoms with van der Waals surface area (Å²) in [6, 6.07) is 23.6. The minimum absolute atomic E-state index is 0.00685. The van der Waals surface area contributed by atoms with Crippen LogP contribution in [-0.2, 0) is 13.6 Å². The molecule has 0 aliphatic carbocycles. The first-order valence-electron chi connectivity index (χ1n) is 15.1. The van der Waals surface area contributed by atoms with Gasteiger partial charge in [-0.15, -0.1) is 0 Å². The Morgan fingerprint density at radius 1 is 1.02 bits per heavy atom. The van der Waals surface area contributed by atoms with Gasteiger partial charge in [-0.1, -0.05) is 55.8 Å². The Morgan fingerprint density at radius 3 is 2.49 bits per heavy atom. The average molecular weight is 575 g/mol. The van der Waals surface area contributed by atoms with Gasteiger partial charge >= 0.3 is 0 Å². The van der Waals surface area contributed by atoms with Crippen molar-refractivity contribution < 1.29 is 9.90 Å². The molecule has 0 bridgehead atoms. The molecule has 220 valence electrons. The summed E-state index contributed by atoms with van der Waals surface area (Å²) >= 11 is 0. The van der Waals surface area contributed by atoms with Gasteiger partial charge in [0.05, 0.1) is 29.2 Å². The van der Waals surface area contributed by atoms with Crippen molar-refractivity contribution in [2.75, 3.05) is 13.1 Å². The summed E-state index contributed by atoms with van der Waals surface area (Å²) in [7, 11) is 1.85. The van der Waals surface area contributed by atoms with Crippen LogP contribution in [0.5, 0.6) is 5.88 Å². The second-order valence-corrected chi connectivity index (χ2v) is 11.3. The number of aromatic nitrogens is 3. The molecule has 0 saturated carbocycles. The van der Waals surface area contributed by atoms with Gasteiger partial charge in [-0.05, 0) is 73.8 Å². The zero-order chi connectivity index (χ0) is 29.8. The van der Waals surface area contributed by atoms with Gasteiger partial charge in [0.2, 0.25) is 0 Å². The Kier molecular flexibility index (Phi) is 8.38. The van der Waals surface area contributed by atoms with Crippen LogP contribution in [0.25, 0.3) is 10.9 Å². The van der Waals surface area contributed by atoms with Gasteiger partial charge in [-0.3, -0.25) is 14.4 Å². The van der Waals surface area contributed by atoms with Crippen molar-refractivity contribution >= 4 is 28.2 Å². The molecule has 1 atom stereocenters. The molecule has 1 saturated heterocycles. The standard InChI is InChI=1S/C35H38N6O2/c1-3-30(25-10-6-4-7-11-25)38-34(42)26-14-17-31-29(20-26)32(35(43)39-31)33(27-21-36-40(2)23-27)37-28-15-12-24(13-16-28)22-41-18-8-5-9-19-41/h4,6-7,10-17,20-21,23,30,39,43H,3,5,8-9,18-19,22H2,1-2H3,(H,38,42)/t30-/m1/s1. The molecule has 1 aliphatic rings. The number of H-pyrrole nitrogens is 1. The van der Waals surface area contributed by atoms with E-state index in [1.807, 2.05) is 67.8 Å². The first kappa shape index (κ1) is 28.4. The van der Waals surface area contributed by atoms with Crippen molar-refractivity contribution in [1.29, 1.82) is 0 Å². The van der Waals surface area contributed by atoms with Gasteiger partial charge in [-0.25, -0.2) is 4.99 Å². The number of fused-ring (bicyclic) bond motifs is 1. The number of aromatic amines is 1. The molecule has 0 radical (unpaired) electrons. The summed E-state index contributed by atoms with van der Waals surface area (Å²) in [5, 5.41) is 19.4. The lowest BCUT2D eigenvalue weighted by Crippen LogP contribution is -2.28. The second kappa shape index (κ2) is 12.7. The van der Waals surface area contributed by atoms with Crippen LogP contribution in [0, 0.1) is 0 Å². The highest BCUT2D eigenvalue weighted by atomic mass is 16.3. The minimum atomic E-state index is -0.173. The SMILES string of the molecule is CC[C@@H](NC(=O)c1ccc2[nH]c(O)c(C(=Nc3ccc(CN4CCCCC4)cc3)c3cnn(C)c3)c2c1)c1ccccc1. The van der Waals surface area contributed by atoms with Crippen LogP contribution in [0.15, 0.2) is 90.2 Å². The summed E-state index contributed by atoms with van der Waals surface area (Å²) < 4.78 is 1.71. The Labute approximate surface area is 252 Å². The molecule has 8 heteroatoms. The molecule has 2 aromatic heterocycles. The predicted molar refractivity (Wildman–Crippen MR) is 171 cm³/mol. The van der Waals surface area contributed by atoms with Crippen molar-refractivity contribution in [3.8, 4) is 5.88 Å². The fourth-order valence-electron chi connectivity index (χ4n) is 5.90. The van der Waals surface area contributed by atoms with E-state index in [1.165, 1.54) is 24.8 Å². The molecule has 43 heavy (non-hydrogen) atoms. The molecule has 8 nitrogen and oxygen atoms in total. The summed E-state index contributed by atoms with van der Waals surface area (Å²) in [6.45, 7) is 5.30. The third kappa shape index (κ3) is 6.39. The van der Waals surface area contributed by atoms with E-state index in [0.29, 0.717) is 27.7 Å². The topological polar surface area (TPSA) is 98.5 Å². The van der Waals surface area contributed by atoms with Crippen molar-refractivity contribution in [2.45, 2.75) is 45.2 Å². The number of piperidine rings is 1. The fraction of sp³-hybridized carbons (Fsp3) is 0.286. The zero-order valence-corrected chi connectivity index (χ0v) is 24.8.